The topological polar surface area (TPSA) is 85.3 Å². The first-order chi connectivity index (χ1) is 10.8. The van der Waals surface area contributed by atoms with Crippen molar-refractivity contribution in [2.75, 3.05) is 13.1 Å². The van der Waals surface area contributed by atoms with E-state index in [0.717, 1.165) is 25.7 Å². The quantitative estimate of drug-likeness (QED) is 0.909. The second kappa shape index (κ2) is 6.10. The molecule has 3 rings (SSSR count). The van der Waals surface area contributed by atoms with Crippen LogP contribution in [0.5, 0.6) is 0 Å². The lowest BCUT2D eigenvalue weighted by atomic mass is 9.95. The number of likely N-dealkylation sites (tertiary alicyclic amines) is 1. The van der Waals surface area contributed by atoms with Crippen LogP contribution in [0.2, 0.25) is 0 Å². The maximum atomic E-state index is 13.0. The van der Waals surface area contributed by atoms with Crippen LogP contribution in [0.15, 0.2) is 4.52 Å². The molecule has 2 N–H and O–H groups in total. The van der Waals surface area contributed by atoms with Crippen LogP contribution < -0.4 is 5.73 Å². The van der Waals surface area contributed by atoms with Gasteiger partial charge in [0.2, 0.25) is 11.8 Å². The van der Waals surface area contributed by atoms with E-state index >= 15 is 0 Å². The Morgan fingerprint density at radius 2 is 2.00 bits per heavy atom. The number of rotatable bonds is 4. The van der Waals surface area contributed by atoms with Gasteiger partial charge in [0.05, 0.1) is 18.4 Å². The Morgan fingerprint density at radius 1 is 1.30 bits per heavy atom. The second-order valence-electron chi connectivity index (χ2n) is 6.38. The van der Waals surface area contributed by atoms with Crippen LogP contribution >= 0.6 is 0 Å². The van der Waals surface area contributed by atoms with Crippen LogP contribution in [-0.4, -0.2) is 40.2 Å². The predicted molar refractivity (Wildman–Crippen MR) is 73.0 cm³/mol. The Balaban J connectivity index is 1.65. The molecule has 2 aliphatic rings. The molecule has 0 aromatic carbocycles. The third kappa shape index (κ3) is 3.49. The standard InChI is InChI=1S/C14H19F3N4O2/c15-14(16,17)10-6-21(5-9(10)12(18)22)7-11-19-13(20-23-11)8-3-1-2-4-8/h8-10H,1-7H2,(H2,18,22)/t9-,10-/m1/s1. The van der Waals surface area contributed by atoms with Crippen molar-refractivity contribution >= 4 is 5.91 Å². The normalized spacial score (nSPS) is 26.9. The zero-order valence-electron chi connectivity index (χ0n) is 12.6. The molecular formula is C14H19F3N4O2. The molecule has 2 heterocycles. The van der Waals surface area contributed by atoms with E-state index in [1.54, 1.807) is 0 Å². The SMILES string of the molecule is NC(=O)[C@@H]1CN(Cc2nc(C3CCCC3)no2)C[C@H]1C(F)(F)F. The summed E-state index contributed by atoms with van der Waals surface area (Å²) in [6.45, 7) is -0.213. The van der Waals surface area contributed by atoms with Crippen LogP contribution in [0.4, 0.5) is 13.2 Å². The average molecular weight is 332 g/mol. The lowest BCUT2D eigenvalue weighted by Crippen LogP contribution is -2.37. The van der Waals surface area contributed by atoms with E-state index in [0.29, 0.717) is 5.82 Å². The molecule has 1 aliphatic carbocycles. The van der Waals surface area contributed by atoms with E-state index in [1.807, 2.05) is 0 Å². The monoisotopic (exact) mass is 332 g/mol. The number of carbonyl (C=O) groups is 1. The summed E-state index contributed by atoms with van der Waals surface area (Å²) in [7, 11) is 0. The van der Waals surface area contributed by atoms with Crippen molar-refractivity contribution in [1.29, 1.82) is 0 Å². The van der Waals surface area contributed by atoms with Gasteiger partial charge in [-0.25, -0.2) is 0 Å². The number of hydrogen-bond acceptors (Lipinski definition) is 5. The molecule has 0 radical (unpaired) electrons. The molecule has 1 saturated heterocycles. The maximum Gasteiger partial charge on any atom is 0.393 e. The Labute approximate surface area is 131 Å². The molecule has 1 aliphatic heterocycles. The third-order valence-electron chi connectivity index (χ3n) is 4.74. The van der Waals surface area contributed by atoms with Gasteiger partial charge >= 0.3 is 6.18 Å². The highest BCUT2D eigenvalue weighted by atomic mass is 19.4. The number of hydrogen-bond donors (Lipinski definition) is 1. The summed E-state index contributed by atoms with van der Waals surface area (Å²) in [4.78, 5) is 17.1. The van der Waals surface area contributed by atoms with Gasteiger partial charge < -0.3 is 10.3 Å². The first-order valence-electron chi connectivity index (χ1n) is 7.75. The highest BCUT2D eigenvalue weighted by Gasteiger charge is 2.51. The number of amides is 1. The van der Waals surface area contributed by atoms with E-state index in [1.165, 1.54) is 4.90 Å². The lowest BCUT2D eigenvalue weighted by molar-refractivity contribution is -0.182. The van der Waals surface area contributed by atoms with E-state index < -0.39 is 23.9 Å². The number of nitrogens with two attached hydrogens (primary N) is 1. The van der Waals surface area contributed by atoms with Gasteiger partial charge in [0.25, 0.3) is 0 Å². The average Bonchev–Trinajstić information content (AvgIpc) is 3.17. The van der Waals surface area contributed by atoms with Crippen LogP contribution in [0.3, 0.4) is 0 Å². The lowest BCUT2D eigenvalue weighted by Gasteiger charge is -2.18. The molecule has 0 bridgehead atoms. The van der Waals surface area contributed by atoms with Crippen LogP contribution in [0.25, 0.3) is 0 Å². The first kappa shape index (κ1) is 16.2. The maximum absolute atomic E-state index is 13.0. The third-order valence-corrected chi connectivity index (χ3v) is 4.74. The fraction of sp³-hybridized carbons (Fsp3) is 0.786. The van der Waals surface area contributed by atoms with Crippen LogP contribution in [0, 0.1) is 11.8 Å². The summed E-state index contributed by atoms with van der Waals surface area (Å²) in [5.41, 5.74) is 5.11. The zero-order valence-corrected chi connectivity index (χ0v) is 12.6. The van der Waals surface area contributed by atoms with Crippen LogP contribution in [0.1, 0.15) is 43.3 Å². The number of halogens is 3. The molecule has 1 aromatic heterocycles. The fourth-order valence-corrected chi connectivity index (χ4v) is 3.51. The minimum absolute atomic E-state index is 0.0410. The summed E-state index contributed by atoms with van der Waals surface area (Å²) in [6, 6.07) is 0. The molecule has 2 fully saturated rings. The van der Waals surface area contributed by atoms with Crippen molar-refractivity contribution in [2.45, 2.75) is 44.3 Å². The number of nitrogens with zero attached hydrogens (tertiary/aromatic N) is 3. The Morgan fingerprint density at radius 3 is 2.57 bits per heavy atom. The van der Waals surface area contributed by atoms with Crippen molar-refractivity contribution in [3.8, 4) is 0 Å². The predicted octanol–water partition coefficient (Wildman–Crippen LogP) is 1.82. The summed E-state index contributed by atoms with van der Waals surface area (Å²) in [6.07, 6.45) is -0.147. The van der Waals surface area contributed by atoms with Crippen molar-refractivity contribution in [3.63, 3.8) is 0 Å². The molecule has 128 valence electrons. The number of primary amides is 1. The van der Waals surface area contributed by atoms with Gasteiger partial charge in [-0.1, -0.05) is 18.0 Å². The number of alkyl halides is 3. The highest BCUT2D eigenvalue weighted by molar-refractivity contribution is 5.77. The molecule has 1 aromatic rings. The minimum atomic E-state index is -4.45. The fourth-order valence-electron chi connectivity index (χ4n) is 3.51. The van der Waals surface area contributed by atoms with E-state index in [-0.39, 0.29) is 31.4 Å². The van der Waals surface area contributed by atoms with Gasteiger partial charge in [0.15, 0.2) is 5.82 Å². The minimum Gasteiger partial charge on any atom is -0.369 e. The summed E-state index contributed by atoms with van der Waals surface area (Å²) in [5, 5.41) is 3.94. The van der Waals surface area contributed by atoms with Gasteiger partial charge in [-0.05, 0) is 12.8 Å². The summed E-state index contributed by atoms with van der Waals surface area (Å²) in [5.74, 6) is -2.68. The molecule has 6 nitrogen and oxygen atoms in total. The largest absolute Gasteiger partial charge is 0.393 e. The van der Waals surface area contributed by atoms with Crippen molar-refractivity contribution in [2.24, 2.45) is 17.6 Å². The van der Waals surface area contributed by atoms with E-state index in [9.17, 15) is 18.0 Å². The molecule has 9 heteroatoms. The van der Waals surface area contributed by atoms with Crippen molar-refractivity contribution < 1.29 is 22.5 Å². The van der Waals surface area contributed by atoms with E-state index in [4.69, 9.17) is 10.3 Å². The molecular weight excluding hydrogens is 313 g/mol. The van der Waals surface area contributed by atoms with Gasteiger partial charge in [-0.15, -0.1) is 0 Å². The van der Waals surface area contributed by atoms with Crippen LogP contribution in [-0.2, 0) is 11.3 Å². The van der Waals surface area contributed by atoms with Crippen molar-refractivity contribution in [3.05, 3.63) is 11.7 Å². The molecule has 0 unspecified atom stereocenters. The summed E-state index contributed by atoms with van der Waals surface area (Å²) >= 11 is 0. The first-order valence-corrected chi connectivity index (χ1v) is 7.75. The molecule has 2 atom stereocenters. The number of carbonyl (C=O) groups excluding carboxylic acids is 1. The zero-order chi connectivity index (χ0) is 16.6. The van der Waals surface area contributed by atoms with Gasteiger partial charge in [0, 0.05) is 19.0 Å². The van der Waals surface area contributed by atoms with Gasteiger partial charge in [0.1, 0.15) is 0 Å². The van der Waals surface area contributed by atoms with Crippen molar-refractivity contribution in [1.82, 2.24) is 15.0 Å². The van der Waals surface area contributed by atoms with Gasteiger partial charge in [-0.3, -0.25) is 9.69 Å². The molecule has 1 amide bonds. The molecule has 23 heavy (non-hydrogen) atoms. The number of aromatic nitrogens is 2. The Hall–Kier alpha value is -1.64. The van der Waals surface area contributed by atoms with Gasteiger partial charge in [-0.2, -0.15) is 18.2 Å². The Bertz CT molecular complexity index is 569. The Kier molecular flexibility index (Phi) is 4.31. The highest BCUT2D eigenvalue weighted by Crippen LogP contribution is 2.38. The summed E-state index contributed by atoms with van der Waals surface area (Å²) < 4.78 is 44.2. The smallest absolute Gasteiger partial charge is 0.369 e. The molecule has 0 spiro atoms. The van der Waals surface area contributed by atoms with E-state index in [2.05, 4.69) is 10.1 Å². The second-order valence-corrected chi connectivity index (χ2v) is 6.38. The molecule has 1 saturated carbocycles.